The van der Waals surface area contributed by atoms with Crippen LogP contribution < -0.4 is 20.7 Å². The van der Waals surface area contributed by atoms with Crippen molar-refractivity contribution in [1.82, 2.24) is 15.6 Å². The summed E-state index contributed by atoms with van der Waals surface area (Å²) in [5, 5.41) is 17.5. The highest BCUT2D eigenvalue weighted by atomic mass is 16.5. The van der Waals surface area contributed by atoms with Gasteiger partial charge in [0.1, 0.15) is 17.6 Å². The molecule has 1 aliphatic heterocycles. The lowest BCUT2D eigenvalue weighted by Gasteiger charge is -2.24. The van der Waals surface area contributed by atoms with Gasteiger partial charge in [0.2, 0.25) is 5.88 Å². The van der Waals surface area contributed by atoms with Crippen LogP contribution in [0.4, 0.5) is 5.82 Å². The fourth-order valence-electron chi connectivity index (χ4n) is 3.78. The van der Waals surface area contributed by atoms with Crippen LogP contribution in [-0.4, -0.2) is 48.9 Å². The molecule has 4 N–H and O–H groups in total. The molecule has 2 heterocycles. The number of nitrogens with one attached hydrogen (secondary N) is 4. The minimum Gasteiger partial charge on any atom is -0.474 e. The quantitative estimate of drug-likeness (QED) is 0.453. The first-order chi connectivity index (χ1) is 13.2. The molecule has 2 fully saturated rings. The summed E-state index contributed by atoms with van der Waals surface area (Å²) in [6, 6.07) is 3.66. The highest BCUT2D eigenvalue weighted by Gasteiger charge is 2.22. The van der Waals surface area contributed by atoms with Gasteiger partial charge in [-0.15, -0.1) is 0 Å². The SMILES string of the molecule is CNc1nc(OC2CCCCCC2)ccc1C(=N)C(=O)NC1CCNCC1. The largest absolute Gasteiger partial charge is 0.474 e. The molecule has 0 bridgehead atoms. The Labute approximate surface area is 161 Å². The third kappa shape index (κ3) is 5.42. The normalized spacial score (nSPS) is 19.1. The van der Waals surface area contributed by atoms with Crippen molar-refractivity contribution in [2.45, 2.75) is 63.5 Å². The zero-order valence-electron chi connectivity index (χ0n) is 16.1. The van der Waals surface area contributed by atoms with Gasteiger partial charge in [-0.25, -0.2) is 0 Å². The van der Waals surface area contributed by atoms with Gasteiger partial charge in [-0.05, 0) is 57.7 Å². The third-order valence-electron chi connectivity index (χ3n) is 5.37. The summed E-state index contributed by atoms with van der Waals surface area (Å²) in [6.45, 7) is 1.80. The van der Waals surface area contributed by atoms with Crippen LogP contribution in [0, 0.1) is 5.41 Å². The van der Waals surface area contributed by atoms with E-state index < -0.39 is 0 Å². The van der Waals surface area contributed by atoms with Crippen LogP contribution in [0.3, 0.4) is 0 Å². The van der Waals surface area contributed by atoms with Crippen LogP contribution in [0.5, 0.6) is 5.88 Å². The van der Waals surface area contributed by atoms with E-state index in [1.165, 1.54) is 25.7 Å². The van der Waals surface area contributed by atoms with E-state index in [-0.39, 0.29) is 23.8 Å². The van der Waals surface area contributed by atoms with Gasteiger partial charge in [0.25, 0.3) is 5.91 Å². The van der Waals surface area contributed by atoms with Crippen LogP contribution in [0.15, 0.2) is 12.1 Å². The lowest BCUT2D eigenvalue weighted by atomic mass is 10.1. The average molecular weight is 374 g/mol. The van der Waals surface area contributed by atoms with Crippen molar-refractivity contribution in [3.8, 4) is 5.88 Å². The number of ether oxygens (including phenoxy) is 1. The van der Waals surface area contributed by atoms with Crippen molar-refractivity contribution < 1.29 is 9.53 Å². The van der Waals surface area contributed by atoms with Gasteiger partial charge in [-0.1, -0.05) is 12.8 Å². The second-order valence-corrected chi connectivity index (χ2v) is 7.40. The minimum atomic E-state index is -0.349. The summed E-state index contributed by atoms with van der Waals surface area (Å²) < 4.78 is 6.07. The smallest absolute Gasteiger partial charge is 0.270 e. The average Bonchev–Trinajstić information content (AvgIpc) is 2.96. The van der Waals surface area contributed by atoms with Crippen LogP contribution in [0.25, 0.3) is 0 Å². The molecule has 27 heavy (non-hydrogen) atoms. The molecule has 0 atom stereocenters. The van der Waals surface area contributed by atoms with Crippen LogP contribution in [0.2, 0.25) is 0 Å². The lowest BCUT2D eigenvalue weighted by Crippen LogP contribution is -2.45. The monoisotopic (exact) mass is 373 g/mol. The predicted molar refractivity (Wildman–Crippen MR) is 107 cm³/mol. The number of aromatic nitrogens is 1. The number of pyridine rings is 1. The van der Waals surface area contributed by atoms with Crippen LogP contribution in [-0.2, 0) is 4.79 Å². The lowest BCUT2D eigenvalue weighted by molar-refractivity contribution is -0.115. The molecule has 7 heteroatoms. The van der Waals surface area contributed by atoms with Gasteiger partial charge >= 0.3 is 0 Å². The van der Waals surface area contributed by atoms with Gasteiger partial charge in [0, 0.05) is 24.7 Å². The maximum Gasteiger partial charge on any atom is 0.270 e. The van der Waals surface area contributed by atoms with Gasteiger partial charge < -0.3 is 20.7 Å². The van der Waals surface area contributed by atoms with Crippen LogP contribution >= 0.6 is 0 Å². The number of piperidine rings is 1. The number of nitrogens with zero attached hydrogens (tertiary/aromatic N) is 1. The van der Waals surface area contributed by atoms with E-state index in [4.69, 9.17) is 10.1 Å². The number of amides is 1. The first-order valence-corrected chi connectivity index (χ1v) is 10.1. The molecule has 1 aromatic heterocycles. The molecule has 2 aliphatic rings. The van der Waals surface area contributed by atoms with Crippen molar-refractivity contribution in [2.24, 2.45) is 0 Å². The number of rotatable bonds is 6. The van der Waals surface area contributed by atoms with E-state index in [0.29, 0.717) is 17.3 Å². The molecular formula is C20H31N5O2. The second-order valence-electron chi connectivity index (χ2n) is 7.40. The van der Waals surface area contributed by atoms with Crippen molar-refractivity contribution >= 4 is 17.4 Å². The van der Waals surface area contributed by atoms with Gasteiger partial charge in [0.05, 0.1) is 0 Å². The highest BCUT2D eigenvalue weighted by Crippen LogP contribution is 2.24. The summed E-state index contributed by atoms with van der Waals surface area (Å²) in [4.78, 5) is 17.0. The molecule has 0 spiro atoms. The molecule has 3 rings (SSSR count). The Balaban J connectivity index is 1.65. The van der Waals surface area contributed by atoms with E-state index in [1.54, 1.807) is 19.2 Å². The van der Waals surface area contributed by atoms with E-state index in [9.17, 15) is 4.79 Å². The molecule has 1 aliphatic carbocycles. The molecule has 1 aromatic rings. The Kier molecular flexibility index (Phi) is 7.04. The van der Waals surface area contributed by atoms with Gasteiger partial charge in [0.15, 0.2) is 0 Å². The van der Waals surface area contributed by atoms with Crippen molar-refractivity contribution in [2.75, 3.05) is 25.5 Å². The number of anilines is 1. The summed E-state index contributed by atoms with van der Waals surface area (Å²) in [7, 11) is 1.75. The molecule has 0 radical (unpaired) electrons. The minimum absolute atomic E-state index is 0.0635. The van der Waals surface area contributed by atoms with Gasteiger partial charge in [-0.3, -0.25) is 10.2 Å². The molecule has 7 nitrogen and oxygen atoms in total. The molecule has 0 aromatic carbocycles. The van der Waals surface area contributed by atoms with Gasteiger partial charge in [-0.2, -0.15) is 4.98 Å². The Hall–Kier alpha value is -2.15. The standard InChI is InChI=1S/C20H31N5O2/c1-22-19-16(18(21)20(26)24-14-10-12-23-13-11-14)8-9-17(25-19)27-15-6-4-2-3-5-7-15/h8-9,14-15,21,23H,2-7,10-13H2,1H3,(H,22,25)(H,24,26). The zero-order chi connectivity index (χ0) is 19.1. The fourth-order valence-corrected chi connectivity index (χ4v) is 3.78. The van der Waals surface area contributed by atoms with E-state index in [1.807, 2.05) is 0 Å². The van der Waals surface area contributed by atoms with Crippen molar-refractivity contribution in [1.29, 1.82) is 5.41 Å². The third-order valence-corrected chi connectivity index (χ3v) is 5.37. The summed E-state index contributed by atoms with van der Waals surface area (Å²) in [6.07, 6.45) is 9.06. The Bertz CT molecular complexity index is 650. The zero-order valence-corrected chi connectivity index (χ0v) is 16.1. The highest BCUT2D eigenvalue weighted by molar-refractivity contribution is 6.45. The van der Waals surface area contributed by atoms with Crippen molar-refractivity contribution in [3.05, 3.63) is 17.7 Å². The summed E-state index contributed by atoms with van der Waals surface area (Å²) in [5.41, 5.74) is 0.434. The second kappa shape index (κ2) is 9.69. The first kappa shape index (κ1) is 19.6. The van der Waals surface area contributed by atoms with Crippen molar-refractivity contribution in [3.63, 3.8) is 0 Å². The number of hydrogen-bond acceptors (Lipinski definition) is 6. The van der Waals surface area contributed by atoms with E-state index in [0.717, 1.165) is 38.8 Å². The molecular weight excluding hydrogens is 342 g/mol. The molecule has 148 valence electrons. The molecule has 0 unspecified atom stereocenters. The van der Waals surface area contributed by atoms with Crippen LogP contribution in [0.1, 0.15) is 56.9 Å². The molecule has 1 amide bonds. The Morgan fingerprint density at radius 1 is 1.15 bits per heavy atom. The topological polar surface area (TPSA) is 99.1 Å². The maximum atomic E-state index is 12.5. The predicted octanol–water partition coefficient (Wildman–Crippen LogP) is 2.46. The Morgan fingerprint density at radius 2 is 1.85 bits per heavy atom. The summed E-state index contributed by atoms with van der Waals surface area (Å²) >= 11 is 0. The molecule has 1 saturated carbocycles. The van der Waals surface area contributed by atoms with E-state index >= 15 is 0 Å². The number of carbonyl (C=O) groups is 1. The van der Waals surface area contributed by atoms with E-state index in [2.05, 4.69) is 20.9 Å². The fraction of sp³-hybridized carbons (Fsp3) is 0.650. The first-order valence-electron chi connectivity index (χ1n) is 10.1. The number of hydrogen-bond donors (Lipinski definition) is 4. The molecule has 1 saturated heterocycles. The number of carbonyl (C=O) groups excluding carboxylic acids is 1. The summed E-state index contributed by atoms with van der Waals surface area (Å²) in [5.74, 6) is 0.714. The Morgan fingerprint density at radius 3 is 2.52 bits per heavy atom. The maximum absolute atomic E-state index is 12.5.